The van der Waals surface area contributed by atoms with Crippen LogP contribution in [0, 0.1) is 0 Å². The standard InChI is InChI=1S/C28H30O4Si2/c1-3-33(29-25-17-9-5-10-18-25,30-26-19-11-6-12-20-26)34(4-2,31-27-21-13-7-14-22-27)32-28-23-15-8-16-24-28/h5-24H,3-4H2,1-2H3. The Morgan fingerprint density at radius 2 is 0.588 bits per heavy atom. The van der Waals surface area contributed by atoms with Gasteiger partial charge in [-0.2, -0.15) is 0 Å². The van der Waals surface area contributed by atoms with Crippen LogP contribution in [0.25, 0.3) is 0 Å². The van der Waals surface area contributed by atoms with Crippen LogP contribution in [-0.2, 0) is 0 Å². The summed E-state index contributed by atoms with van der Waals surface area (Å²) in [5, 5.41) is 0. The van der Waals surface area contributed by atoms with E-state index in [4.69, 9.17) is 17.7 Å². The Balaban J connectivity index is 1.87. The molecule has 6 heteroatoms. The first-order valence-electron chi connectivity index (χ1n) is 11.6. The molecule has 4 rings (SSSR count). The summed E-state index contributed by atoms with van der Waals surface area (Å²) in [5.74, 6) is 3.02. The molecule has 174 valence electrons. The van der Waals surface area contributed by atoms with E-state index in [0.717, 1.165) is 23.0 Å². The van der Waals surface area contributed by atoms with Crippen LogP contribution in [-0.4, -0.2) is 16.2 Å². The highest BCUT2D eigenvalue weighted by atomic mass is 29.3. The molecule has 0 aromatic heterocycles. The van der Waals surface area contributed by atoms with Gasteiger partial charge in [0.2, 0.25) is 0 Å². The van der Waals surface area contributed by atoms with Gasteiger partial charge in [0.25, 0.3) is 0 Å². The van der Waals surface area contributed by atoms with Crippen LogP contribution >= 0.6 is 0 Å². The second kappa shape index (κ2) is 11.1. The maximum absolute atomic E-state index is 6.88. The van der Waals surface area contributed by atoms with Crippen LogP contribution < -0.4 is 17.7 Å². The summed E-state index contributed by atoms with van der Waals surface area (Å²) in [6.07, 6.45) is 0. The van der Waals surface area contributed by atoms with Gasteiger partial charge in [0, 0.05) is 12.1 Å². The lowest BCUT2D eigenvalue weighted by Crippen LogP contribution is -2.76. The third-order valence-corrected chi connectivity index (χ3v) is 17.7. The fourth-order valence-corrected chi connectivity index (χ4v) is 14.8. The zero-order valence-electron chi connectivity index (χ0n) is 19.6. The van der Waals surface area contributed by atoms with E-state index in [1.54, 1.807) is 0 Å². The highest BCUT2D eigenvalue weighted by molar-refractivity contribution is 7.33. The van der Waals surface area contributed by atoms with Gasteiger partial charge < -0.3 is 17.7 Å². The summed E-state index contributed by atoms with van der Waals surface area (Å²) < 4.78 is 27.5. The number of hydrogen-bond acceptors (Lipinski definition) is 4. The van der Waals surface area contributed by atoms with E-state index >= 15 is 0 Å². The fraction of sp³-hybridized carbons (Fsp3) is 0.143. The fourth-order valence-electron chi connectivity index (χ4n) is 3.90. The van der Waals surface area contributed by atoms with E-state index in [2.05, 4.69) is 13.8 Å². The zero-order chi connectivity index (χ0) is 23.7. The Kier molecular flexibility index (Phi) is 7.72. The second-order valence-electron chi connectivity index (χ2n) is 7.87. The van der Waals surface area contributed by atoms with E-state index < -0.39 is 16.2 Å². The van der Waals surface area contributed by atoms with Gasteiger partial charge in [-0.1, -0.05) is 86.6 Å². The van der Waals surface area contributed by atoms with Crippen molar-refractivity contribution in [1.82, 2.24) is 0 Å². The molecule has 0 fully saturated rings. The molecule has 0 unspecified atom stereocenters. The van der Waals surface area contributed by atoms with Gasteiger partial charge in [-0.3, -0.25) is 0 Å². The van der Waals surface area contributed by atoms with Crippen LogP contribution in [0.1, 0.15) is 13.8 Å². The summed E-state index contributed by atoms with van der Waals surface area (Å²) in [4.78, 5) is 0. The molecule has 0 atom stereocenters. The topological polar surface area (TPSA) is 36.9 Å². The van der Waals surface area contributed by atoms with Crippen molar-refractivity contribution in [2.24, 2.45) is 0 Å². The lowest BCUT2D eigenvalue weighted by Gasteiger charge is -2.42. The minimum Gasteiger partial charge on any atom is -0.510 e. The van der Waals surface area contributed by atoms with Gasteiger partial charge in [0.15, 0.2) is 0 Å². The SMILES string of the molecule is CC[Si](Oc1ccccc1)(Oc1ccccc1)[Si](CC)(Oc1ccccc1)Oc1ccccc1. The average molecular weight is 487 g/mol. The molecular formula is C28H30O4Si2. The minimum absolute atomic E-state index is 0.649. The minimum atomic E-state index is -3.20. The lowest BCUT2D eigenvalue weighted by molar-refractivity contribution is 0.338. The number of hydrogen-bond donors (Lipinski definition) is 0. The Bertz CT molecular complexity index is 950. The summed E-state index contributed by atoms with van der Waals surface area (Å²) >= 11 is 0. The van der Waals surface area contributed by atoms with E-state index in [1.165, 1.54) is 0 Å². The number of para-hydroxylation sites is 4. The van der Waals surface area contributed by atoms with Crippen LogP contribution in [0.2, 0.25) is 12.1 Å². The van der Waals surface area contributed by atoms with Crippen LogP contribution in [0.3, 0.4) is 0 Å². The molecule has 4 aromatic carbocycles. The maximum Gasteiger partial charge on any atom is 0.532 e. The van der Waals surface area contributed by atoms with Crippen LogP contribution in [0.4, 0.5) is 0 Å². The Morgan fingerprint density at radius 3 is 0.765 bits per heavy atom. The predicted molar refractivity (Wildman–Crippen MR) is 141 cm³/mol. The van der Waals surface area contributed by atoms with E-state index in [9.17, 15) is 0 Å². The molecule has 0 amide bonds. The molecule has 0 saturated carbocycles. The van der Waals surface area contributed by atoms with Crippen molar-refractivity contribution >= 4 is 16.2 Å². The quantitative estimate of drug-likeness (QED) is 0.208. The maximum atomic E-state index is 6.88. The molecular weight excluding hydrogens is 456 g/mol. The van der Waals surface area contributed by atoms with Gasteiger partial charge in [-0.25, -0.2) is 0 Å². The Labute approximate surface area is 204 Å². The summed E-state index contributed by atoms with van der Waals surface area (Å²) in [7, 11) is -6.40. The molecule has 0 bridgehead atoms. The molecule has 4 aromatic rings. The van der Waals surface area contributed by atoms with Gasteiger partial charge >= 0.3 is 16.2 Å². The third-order valence-electron chi connectivity index (χ3n) is 5.61. The molecule has 4 nitrogen and oxygen atoms in total. The van der Waals surface area contributed by atoms with E-state index in [-0.39, 0.29) is 0 Å². The third kappa shape index (κ3) is 5.35. The largest absolute Gasteiger partial charge is 0.532 e. The van der Waals surface area contributed by atoms with Gasteiger partial charge in [-0.15, -0.1) is 0 Å². The zero-order valence-corrected chi connectivity index (χ0v) is 21.6. The van der Waals surface area contributed by atoms with Crippen molar-refractivity contribution in [3.05, 3.63) is 121 Å². The summed E-state index contributed by atoms with van der Waals surface area (Å²) in [6, 6.07) is 40.7. The van der Waals surface area contributed by atoms with Crippen molar-refractivity contribution in [2.45, 2.75) is 25.9 Å². The van der Waals surface area contributed by atoms with Crippen molar-refractivity contribution in [2.75, 3.05) is 0 Å². The molecule has 0 saturated heterocycles. The predicted octanol–water partition coefficient (Wildman–Crippen LogP) is 7.31. The van der Waals surface area contributed by atoms with Gasteiger partial charge in [-0.05, 0) is 48.5 Å². The Morgan fingerprint density at radius 1 is 0.382 bits per heavy atom. The van der Waals surface area contributed by atoms with Crippen LogP contribution in [0.15, 0.2) is 121 Å². The van der Waals surface area contributed by atoms with Gasteiger partial charge in [0.1, 0.15) is 23.0 Å². The van der Waals surface area contributed by atoms with Crippen molar-refractivity contribution in [3.8, 4) is 23.0 Å². The second-order valence-corrected chi connectivity index (χ2v) is 17.7. The van der Waals surface area contributed by atoms with Crippen LogP contribution in [0.5, 0.6) is 23.0 Å². The highest BCUT2D eigenvalue weighted by Gasteiger charge is 2.71. The van der Waals surface area contributed by atoms with Crippen molar-refractivity contribution in [1.29, 1.82) is 0 Å². The molecule has 34 heavy (non-hydrogen) atoms. The average Bonchev–Trinajstić information content (AvgIpc) is 2.90. The molecule has 0 spiro atoms. The normalized spacial score (nSPS) is 11.5. The summed E-state index contributed by atoms with van der Waals surface area (Å²) in [6.45, 7) is 4.22. The summed E-state index contributed by atoms with van der Waals surface area (Å²) in [5.41, 5.74) is 0. The molecule has 0 radical (unpaired) electrons. The molecule has 0 aliphatic rings. The lowest BCUT2D eigenvalue weighted by atomic mass is 10.3. The Hall–Kier alpha value is -3.49. The van der Waals surface area contributed by atoms with Crippen molar-refractivity contribution in [3.63, 3.8) is 0 Å². The monoisotopic (exact) mass is 486 g/mol. The first-order valence-corrected chi connectivity index (χ1v) is 16.7. The number of benzene rings is 4. The van der Waals surface area contributed by atoms with E-state index in [0.29, 0.717) is 12.1 Å². The molecule has 0 N–H and O–H groups in total. The molecule has 0 heterocycles. The van der Waals surface area contributed by atoms with Gasteiger partial charge in [0.05, 0.1) is 0 Å². The highest BCUT2D eigenvalue weighted by Crippen LogP contribution is 2.36. The number of rotatable bonds is 11. The first-order chi connectivity index (χ1) is 16.7. The molecule has 0 aliphatic carbocycles. The molecule has 0 aliphatic heterocycles. The smallest absolute Gasteiger partial charge is 0.510 e. The van der Waals surface area contributed by atoms with E-state index in [1.807, 2.05) is 121 Å². The first kappa shape index (κ1) is 23.7. The van der Waals surface area contributed by atoms with Crippen molar-refractivity contribution < 1.29 is 17.7 Å².